The third-order valence-electron chi connectivity index (χ3n) is 4.26. The molecule has 0 atom stereocenters. The monoisotopic (exact) mass is 261 g/mol. The van der Waals surface area contributed by atoms with Crippen LogP contribution in [0.15, 0.2) is 6.07 Å². The van der Waals surface area contributed by atoms with Crippen molar-refractivity contribution in [2.75, 3.05) is 12.4 Å². The Hall–Kier alpha value is -1.12. The Labute approximate surface area is 117 Å². The van der Waals surface area contributed by atoms with Gasteiger partial charge < -0.3 is 5.32 Å². The molecule has 0 saturated heterocycles. The minimum Gasteiger partial charge on any atom is -0.373 e. The molecule has 0 aliphatic heterocycles. The maximum atomic E-state index is 4.79. The molecular formula is C16H27N3. The fourth-order valence-corrected chi connectivity index (χ4v) is 2.87. The van der Waals surface area contributed by atoms with Gasteiger partial charge in [0.2, 0.25) is 0 Å². The van der Waals surface area contributed by atoms with Gasteiger partial charge in [0.05, 0.1) is 0 Å². The summed E-state index contributed by atoms with van der Waals surface area (Å²) < 4.78 is 0. The summed E-state index contributed by atoms with van der Waals surface area (Å²) in [7, 11) is 1.94. The van der Waals surface area contributed by atoms with Gasteiger partial charge in [0.1, 0.15) is 11.6 Å². The number of nitrogens with one attached hydrogen (secondary N) is 1. The first-order valence-corrected chi connectivity index (χ1v) is 7.59. The van der Waals surface area contributed by atoms with Crippen molar-refractivity contribution in [3.05, 3.63) is 17.6 Å². The molecule has 3 nitrogen and oxygen atoms in total. The number of rotatable bonds is 4. The maximum Gasteiger partial charge on any atom is 0.134 e. The molecule has 1 heterocycles. The van der Waals surface area contributed by atoms with Gasteiger partial charge in [-0.05, 0) is 37.5 Å². The highest BCUT2D eigenvalue weighted by molar-refractivity contribution is 5.35. The van der Waals surface area contributed by atoms with E-state index >= 15 is 0 Å². The molecule has 1 aromatic heterocycles. The number of hydrogen-bond acceptors (Lipinski definition) is 3. The summed E-state index contributed by atoms with van der Waals surface area (Å²) in [6.45, 7) is 6.94. The SMILES string of the molecule is CCCc1cc(NC)nc(C2CCC(C)(C)CC2)n1. The van der Waals surface area contributed by atoms with Gasteiger partial charge in [-0.2, -0.15) is 0 Å². The van der Waals surface area contributed by atoms with Crippen molar-refractivity contribution in [1.82, 2.24) is 9.97 Å². The second-order valence-electron chi connectivity index (χ2n) is 6.54. The Morgan fingerprint density at radius 3 is 2.53 bits per heavy atom. The van der Waals surface area contributed by atoms with E-state index in [-0.39, 0.29) is 0 Å². The van der Waals surface area contributed by atoms with Crippen molar-refractivity contribution in [3.63, 3.8) is 0 Å². The molecular weight excluding hydrogens is 234 g/mol. The molecule has 0 aromatic carbocycles. The molecule has 1 aliphatic carbocycles. The molecule has 1 fully saturated rings. The van der Waals surface area contributed by atoms with Crippen LogP contribution in [-0.4, -0.2) is 17.0 Å². The summed E-state index contributed by atoms with van der Waals surface area (Å²) >= 11 is 0. The van der Waals surface area contributed by atoms with Crippen LogP contribution in [0, 0.1) is 5.41 Å². The molecule has 106 valence electrons. The number of aromatic nitrogens is 2. The van der Waals surface area contributed by atoms with Gasteiger partial charge in [-0.15, -0.1) is 0 Å². The maximum absolute atomic E-state index is 4.79. The van der Waals surface area contributed by atoms with Gasteiger partial charge in [0.15, 0.2) is 0 Å². The van der Waals surface area contributed by atoms with Crippen molar-refractivity contribution in [2.45, 2.75) is 65.2 Å². The zero-order valence-corrected chi connectivity index (χ0v) is 12.8. The van der Waals surface area contributed by atoms with Crippen LogP contribution in [0.25, 0.3) is 0 Å². The smallest absolute Gasteiger partial charge is 0.134 e. The first-order chi connectivity index (χ1) is 9.04. The van der Waals surface area contributed by atoms with Crippen LogP contribution in [0.2, 0.25) is 0 Å². The first kappa shape index (κ1) is 14.3. The lowest BCUT2D eigenvalue weighted by Gasteiger charge is -2.33. The van der Waals surface area contributed by atoms with E-state index < -0.39 is 0 Å². The van der Waals surface area contributed by atoms with Gasteiger partial charge in [-0.25, -0.2) is 9.97 Å². The van der Waals surface area contributed by atoms with E-state index in [4.69, 9.17) is 4.98 Å². The summed E-state index contributed by atoms with van der Waals surface area (Å²) in [5.41, 5.74) is 1.69. The highest BCUT2D eigenvalue weighted by Gasteiger charge is 2.29. The Morgan fingerprint density at radius 1 is 1.26 bits per heavy atom. The standard InChI is InChI=1S/C16H27N3/c1-5-6-13-11-14(17-4)19-15(18-13)12-7-9-16(2,3)10-8-12/h11-12H,5-10H2,1-4H3,(H,17,18,19). The van der Waals surface area contributed by atoms with Crippen LogP contribution in [-0.2, 0) is 6.42 Å². The number of anilines is 1. The summed E-state index contributed by atoms with van der Waals surface area (Å²) in [5, 5.41) is 3.17. The zero-order chi connectivity index (χ0) is 13.9. The number of aryl methyl sites for hydroxylation is 1. The molecule has 0 amide bonds. The molecule has 2 rings (SSSR count). The van der Waals surface area contributed by atoms with Gasteiger partial charge in [-0.3, -0.25) is 0 Å². The Bertz CT molecular complexity index is 416. The predicted molar refractivity (Wildman–Crippen MR) is 80.6 cm³/mol. The Morgan fingerprint density at radius 2 is 1.95 bits per heavy atom. The number of hydrogen-bond donors (Lipinski definition) is 1. The Balaban J connectivity index is 2.17. The summed E-state index contributed by atoms with van der Waals surface area (Å²) in [6, 6.07) is 2.08. The molecule has 0 unspecified atom stereocenters. The zero-order valence-electron chi connectivity index (χ0n) is 12.8. The fraction of sp³-hybridized carbons (Fsp3) is 0.750. The molecule has 1 saturated carbocycles. The average Bonchev–Trinajstić information content (AvgIpc) is 2.38. The van der Waals surface area contributed by atoms with Crippen molar-refractivity contribution >= 4 is 5.82 Å². The van der Waals surface area contributed by atoms with Crippen molar-refractivity contribution in [1.29, 1.82) is 0 Å². The van der Waals surface area contributed by atoms with Crippen LogP contribution < -0.4 is 5.32 Å². The van der Waals surface area contributed by atoms with E-state index in [9.17, 15) is 0 Å². The van der Waals surface area contributed by atoms with Gasteiger partial charge in [0.25, 0.3) is 0 Å². The fourth-order valence-electron chi connectivity index (χ4n) is 2.87. The molecule has 1 aliphatic rings. The summed E-state index contributed by atoms with van der Waals surface area (Å²) in [4.78, 5) is 9.47. The van der Waals surface area contributed by atoms with Gasteiger partial charge in [0, 0.05) is 24.7 Å². The third-order valence-corrected chi connectivity index (χ3v) is 4.26. The van der Waals surface area contributed by atoms with E-state index in [0.717, 1.165) is 24.5 Å². The lowest BCUT2D eigenvalue weighted by atomic mass is 9.73. The lowest BCUT2D eigenvalue weighted by Crippen LogP contribution is -2.21. The molecule has 19 heavy (non-hydrogen) atoms. The lowest BCUT2D eigenvalue weighted by molar-refractivity contribution is 0.220. The number of nitrogens with zero attached hydrogens (tertiary/aromatic N) is 2. The molecule has 0 radical (unpaired) electrons. The predicted octanol–water partition coefficient (Wildman–Crippen LogP) is 4.15. The quantitative estimate of drug-likeness (QED) is 0.884. The highest BCUT2D eigenvalue weighted by Crippen LogP contribution is 2.41. The van der Waals surface area contributed by atoms with E-state index in [2.05, 4.69) is 37.1 Å². The van der Waals surface area contributed by atoms with E-state index in [1.54, 1.807) is 0 Å². The molecule has 0 bridgehead atoms. The third kappa shape index (κ3) is 3.68. The Kier molecular flexibility index (Phi) is 4.43. The molecule has 1 N–H and O–H groups in total. The minimum atomic E-state index is 0.503. The van der Waals surface area contributed by atoms with Crippen LogP contribution in [0.1, 0.15) is 70.3 Å². The molecule has 1 aromatic rings. The van der Waals surface area contributed by atoms with Crippen LogP contribution in [0.5, 0.6) is 0 Å². The summed E-state index contributed by atoms with van der Waals surface area (Å²) in [5.74, 6) is 2.58. The van der Waals surface area contributed by atoms with Crippen molar-refractivity contribution < 1.29 is 0 Å². The average molecular weight is 261 g/mol. The first-order valence-electron chi connectivity index (χ1n) is 7.59. The minimum absolute atomic E-state index is 0.503. The van der Waals surface area contributed by atoms with E-state index in [1.807, 2.05) is 7.05 Å². The highest BCUT2D eigenvalue weighted by atomic mass is 15.0. The normalized spacial score (nSPS) is 19.4. The largest absolute Gasteiger partial charge is 0.373 e. The van der Waals surface area contributed by atoms with Crippen LogP contribution in [0.3, 0.4) is 0 Å². The topological polar surface area (TPSA) is 37.8 Å². The van der Waals surface area contributed by atoms with Gasteiger partial charge >= 0.3 is 0 Å². The van der Waals surface area contributed by atoms with E-state index in [0.29, 0.717) is 11.3 Å². The molecule has 0 spiro atoms. The van der Waals surface area contributed by atoms with Crippen LogP contribution in [0.4, 0.5) is 5.82 Å². The summed E-state index contributed by atoms with van der Waals surface area (Å²) in [6.07, 6.45) is 7.21. The van der Waals surface area contributed by atoms with Gasteiger partial charge in [-0.1, -0.05) is 27.2 Å². The second-order valence-corrected chi connectivity index (χ2v) is 6.54. The molecule has 3 heteroatoms. The van der Waals surface area contributed by atoms with Crippen molar-refractivity contribution in [3.8, 4) is 0 Å². The second kappa shape index (κ2) is 5.89. The van der Waals surface area contributed by atoms with E-state index in [1.165, 1.54) is 31.4 Å². The van der Waals surface area contributed by atoms with Crippen molar-refractivity contribution in [2.24, 2.45) is 5.41 Å². The van der Waals surface area contributed by atoms with Crippen LogP contribution >= 0.6 is 0 Å².